The lowest BCUT2D eigenvalue weighted by Crippen LogP contribution is -2.25. The highest BCUT2D eigenvalue weighted by Gasteiger charge is 2.31. The van der Waals surface area contributed by atoms with E-state index in [1.807, 2.05) is 48.5 Å². The van der Waals surface area contributed by atoms with Gasteiger partial charge in [0.2, 0.25) is 0 Å². The summed E-state index contributed by atoms with van der Waals surface area (Å²) in [7, 11) is 0. The van der Waals surface area contributed by atoms with Crippen molar-refractivity contribution < 1.29 is 13.6 Å². The Morgan fingerprint density at radius 3 is 1.29 bits per heavy atom. The quantitative estimate of drug-likeness (QED) is 0.172. The number of carbonyl (C=O) groups is 1. The highest BCUT2D eigenvalue weighted by Crippen LogP contribution is 2.33. The zero-order valence-electron chi connectivity index (χ0n) is 18.2. The topological polar surface area (TPSA) is 17.1 Å². The van der Waals surface area contributed by atoms with Crippen molar-refractivity contribution in [1.29, 1.82) is 0 Å². The van der Waals surface area contributed by atoms with E-state index in [0.717, 1.165) is 18.3 Å². The van der Waals surface area contributed by atoms with Gasteiger partial charge in [-0.25, -0.2) is 8.78 Å². The SMILES string of the molecule is O=C(C(Cc1ccccc1F)c1ccc(I)cc1)C(Cc1ccccc1F)c1ccc(I)cc1. The summed E-state index contributed by atoms with van der Waals surface area (Å²) < 4.78 is 31.3. The first-order chi connectivity index (χ1) is 16.4. The third-order valence-electron chi connectivity index (χ3n) is 6.00. The van der Waals surface area contributed by atoms with Crippen LogP contribution in [0.3, 0.4) is 0 Å². The second kappa shape index (κ2) is 11.5. The van der Waals surface area contributed by atoms with Crippen molar-refractivity contribution >= 4 is 51.0 Å². The average Bonchev–Trinajstić information content (AvgIpc) is 2.84. The molecule has 0 fully saturated rings. The molecule has 1 nitrogen and oxygen atoms in total. The van der Waals surface area contributed by atoms with Crippen LogP contribution < -0.4 is 0 Å². The highest BCUT2D eigenvalue weighted by molar-refractivity contribution is 14.1. The minimum atomic E-state index is -0.565. The summed E-state index contributed by atoms with van der Waals surface area (Å²) in [5.74, 6) is -1.83. The normalized spacial score (nSPS) is 12.8. The molecule has 172 valence electrons. The van der Waals surface area contributed by atoms with Crippen LogP contribution in [0.15, 0.2) is 97.1 Å². The van der Waals surface area contributed by atoms with Crippen LogP contribution in [0.25, 0.3) is 0 Å². The minimum Gasteiger partial charge on any atom is -0.298 e. The molecule has 0 radical (unpaired) electrons. The molecule has 34 heavy (non-hydrogen) atoms. The summed E-state index contributed by atoms with van der Waals surface area (Å²) >= 11 is 4.45. The molecular weight excluding hydrogens is 656 g/mol. The van der Waals surface area contributed by atoms with Crippen molar-refractivity contribution in [3.8, 4) is 0 Å². The Morgan fingerprint density at radius 2 is 0.941 bits per heavy atom. The molecule has 0 amide bonds. The lowest BCUT2D eigenvalue weighted by atomic mass is 9.78. The Kier molecular flexibility index (Phi) is 8.47. The molecule has 5 heteroatoms. The Morgan fingerprint density at radius 1 is 0.588 bits per heavy atom. The number of Topliss-reactive ketones (excluding diaryl/α,β-unsaturated/α-hetero) is 1. The summed E-state index contributed by atoms with van der Waals surface area (Å²) in [6, 6.07) is 28.7. The monoisotopic (exact) mass is 678 g/mol. The van der Waals surface area contributed by atoms with E-state index >= 15 is 0 Å². The summed E-state index contributed by atoms with van der Waals surface area (Å²) in [6.45, 7) is 0. The van der Waals surface area contributed by atoms with E-state index in [1.165, 1.54) is 12.1 Å². The van der Waals surface area contributed by atoms with Crippen molar-refractivity contribution in [2.24, 2.45) is 0 Å². The first kappa shape index (κ1) is 25.0. The maximum atomic E-state index is 14.6. The zero-order valence-corrected chi connectivity index (χ0v) is 22.5. The summed E-state index contributed by atoms with van der Waals surface area (Å²) in [4.78, 5) is 14.2. The zero-order chi connectivity index (χ0) is 24.1. The van der Waals surface area contributed by atoms with Crippen molar-refractivity contribution in [2.75, 3.05) is 0 Å². The third-order valence-corrected chi connectivity index (χ3v) is 7.43. The number of hydrogen-bond acceptors (Lipinski definition) is 1. The van der Waals surface area contributed by atoms with Gasteiger partial charge in [0.1, 0.15) is 17.4 Å². The molecule has 0 aliphatic heterocycles. The first-order valence-corrected chi connectivity index (χ1v) is 13.1. The molecule has 0 bridgehead atoms. The van der Waals surface area contributed by atoms with Gasteiger partial charge in [-0.15, -0.1) is 0 Å². The van der Waals surface area contributed by atoms with Crippen LogP contribution in [0, 0.1) is 18.8 Å². The molecular formula is C29H22F2I2O. The maximum absolute atomic E-state index is 14.6. The van der Waals surface area contributed by atoms with E-state index in [9.17, 15) is 13.6 Å². The molecule has 0 N–H and O–H groups in total. The van der Waals surface area contributed by atoms with Crippen LogP contribution in [0.4, 0.5) is 8.78 Å². The molecule has 0 spiro atoms. The Labute approximate surface area is 225 Å². The molecule has 0 saturated heterocycles. The summed E-state index contributed by atoms with van der Waals surface area (Å²) in [5.41, 5.74) is 2.65. The fraction of sp³-hybridized carbons (Fsp3) is 0.138. The lowest BCUT2D eigenvalue weighted by Gasteiger charge is -2.24. The van der Waals surface area contributed by atoms with Gasteiger partial charge in [0.05, 0.1) is 0 Å². The first-order valence-electron chi connectivity index (χ1n) is 10.9. The Balaban J connectivity index is 1.78. The second-order valence-electron chi connectivity index (χ2n) is 8.20. The summed E-state index contributed by atoms with van der Waals surface area (Å²) in [5, 5.41) is 0. The van der Waals surface area contributed by atoms with Crippen LogP contribution >= 0.6 is 45.2 Å². The predicted octanol–water partition coefficient (Wildman–Crippen LogP) is 8.10. The largest absolute Gasteiger partial charge is 0.298 e. The van der Waals surface area contributed by atoms with Crippen molar-refractivity contribution in [2.45, 2.75) is 24.7 Å². The van der Waals surface area contributed by atoms with Gasteiger partial charge in [0.25, 0.3) is 0 Å². The molecule has 2 atom stereocenters. The van der Waals surface area contributed by atoms with Gasteiger partial charge < -0.3 is 0 Å². The molecule has 0 aliphatic carbocycles. The third kappa shape index (κ3) is 6.10. The molecule has 0 aliphatic rings. The molecule has 4 aromatic rings. The van der Waals surface area contributed by atoms with Gasteiger partial charge in [0.15, 0.2) is 0 Å². The molecule has 0 aromatic heterocycles. The standard InChI is InChI=1S/C29H22F2I2O/c30-27-7-3-1-5-21(27)17-25(19-9-13-23(32)14-10-19)29(34)26(20-11-15-24(33)16-12-20)18-22-6-2-4-8-28(22)31/h1-16,25-26H,17-18H2. The van der Waals surface area contributed by atoms with E-state index in [1.54, 1.807) is 36.4 Å². The lowest BCUT2D eigenvalue weighted by molar-refractivity contribution is -0.122. The summed E-state index contributed by atoms with van der Waals surface area (Å²) in [6.07, 6.45) is 0.481. The van der Waals surface area contributed by atoms with E-state index in [-0.39, 0.29) is 30.3 Å². The number of halogens is 4. The van der Waals surface area contributed by atoms with Crippen LogP contribution in [0.1, 0.15) is 34.1 Å². The molecule has 2 unspecified atom stereocenters. The maximum Gasteiger partial charge on any atom is 0.148 e. The van der Waals surface area contributed by atoms with Crippen LogP contribution in [0.2, 0.25) is 0 Å². The average molecular weight is 678 g/mol. The Bertz CT molecular complexity index is 1170. The van der Waals surface area contributed by atoms with E-state index in [0.29, 0.717) is 11.1 Å². The number of ketones is 1. The number of rotatable bonds is 8. The van der Waals surface area contributed by atoms with Gasteiger partial charge in [0, 0.05) is 19.0 Å². The fourth-order valence-electron chi connectivity index (χ4n) is 4.17. The number of benzene rings is 4. The number of hydrogen-bond donors (Lipinski definition) is 0. The molecule has 0 heterocycles. The fourth-order valence-corrected chi connectivity index (χ4v) is 4.89. The van der Waals surface area contributed by atoms with Crippen LogP contribution in [-0.4, -0.2) is 5.78 Å². The van der Waals surface area contributed by atoms with Crippen molar-refractivity contribution in [1.82, 2.24) is 0 Å². The second-order valence-corrected chi connectivity index (χ2v) is 10.7. The molecule has 4 rings (SSSR count). The molecule has 4 aromatic carbocycles. The van der Waals surface area contributed by atoms with Crippen molar-refractivity contribution in [3.05, 3.63) is 138 Å². The molecule has 0 saturated carbocycles. The highest BCUT2D eigenvalue weighted by atomic mass is 127. The van der Waals surface area contributed by atoms with E-state index in [4.69, 9.17) is 0 Å². The minimum absolute atomic E-state index is 0.0473. The van der Waals surface area contributed by atoms with Crippen LogP contribution in [-0.2, 0) is 17.6 Å². The smallest absolute Gasteiger partial charge is 0.148 e. The van der Waals surface area contributed by atoms with Gasteiger partial charge in [-0.3, -0.25) is 4.79 Å². The Hall–Kier alpha value is -2.13. The van der Waals surface area contributed by atoms with E-state index < -0.39 is 11.8 Å². The van der Waals surface area contributed by atoms with Crippen molar-refractivity contribution in [3.63, 3.8) is 0 Å². The van der Waals surface area contributed by atoms with E-state index in [2.05, 4.69) is 45.2 Å². The van der Waals surface area contributed by atoms with Gasteiger partial charge in [-0.2, -0.15) is 0 Å². The van der Waals surface area contributed by atoms with Gasteiger partial charge in [-0.1, -0.05) is 60.7 Å². The van der Waals surface area contributed by atoms with Gasteiger partial charge >= 0.3 is 0 Å². The van der Waals surface area contributed by atoms with Gasteiger partial charge in [-0.05, 0) is 117 Å². The van der Waals surface area contributed by atoms with Crippen LogP contribution in [0.5, 0.6) is 0 Å². The predicted molar refractivity (Wildman–Crippen MR) is 149 cm³/mol. The number of carbonyl (C=O) groups excluding carboxylic acids is 1.